The van der Waals surface area contributed by atoms with E-state index in [9.17, 15) is 9.59 Å². The lowest BCUT2D eigenvalue weighted by Gasteiger charge is -2.26. The number of methoxy groups -OCH3 is 4. The van der Waals surface area contributed by atoms with Gasteiger partial charge in [0.2, 0.25) is 0 Å². The molecule has 40 heavy (non-hydrogen) atoms. The largest absolute Gasteiger partial charge is 0.497 e. The van der Waals surface area contributed by atoms with Crippen LogP contribution in [-0.4, -0.2) is 40.0 Å². The molecule has 0 heterocycles. The first kappa shape index (κ1) is 26.5. The zero-order valence-corrected chi connectivity index (χ0v) is 22.7. The second-order valence-corrected chi connectivity index (χ2v) is 9.09. The molecule has 0 saturated heterocycles. The highest BCUT2D eigenvalue weighted by molar-refractivity contribution is 6.66. The Morgan fingerprint density at radius 1 is 0.375 bits per heavy atom. The monoisotopic (exact) mass is 532 g/mol. The molecule has 0 amide bonds. The molecule has 0 aromatic heterocycles. The maximum absolute atomic E-state index is 14.7. The standard InChI is InChI=1S/C34H28O6/c1-37-25-13-5-9-21(17-25)29-30(22-10-6-14-26(18-22)38-2)34(36)32(24-12-8-16-28(20-24)40-4)31(33(29)35)23-11-7-15-27(19-23)39-3/h5-20H,1-4H3. The van der Waals surface area contributed by atoms with Crippen molar-refractivity contribution in [3.63, 3.8) is 0 Å². The highest BCUT2D eigenvalue weighted by Gasteiger charge is 2.37. The van der Waals surface area contributed by atoms with Crippen molar-refractivity contribution in [3.8, 4) is 23.0 Å². The van der Waals surface area contributed by atoms with Gasteiger partial charge in [-0.25, -0.2) is 0 Å². The molecule has 0 bridgehead atoms. The fourth-order valence-electron chi connectivity index (χ4n) is 4.92. The van der Waals surface area contributed by atoms with Gasteiger partial charge in [0.05, 0.1) is 28.4 Å². The van der Waals surface area contributed by atoms with Crippen molar-refractivity contribution in [2.24, 2.45) is 0 Å². The van der Waals surface area contributed by atoms with Gasteiger partial charge >= 0.3 is 0 Å². The molecule has 1 aliphatic carbocycles. The zero-order valence-electron chi connectivity index (χ0n) is 22.7. The number of carbonyl (C=O) groups excluding carboxylic acids is 2. The van der Waals surface area contributed by atoms with Gasteiger partial charge in [0.15, 0.2) is 11.6 Å². The molecule has 200 valence electrons. The lowest BCUT2D eigenvalue weighted by molar-refractivity contribution is -0.111. The normalized spacial score (nSPS) is 13.4. The summed E-state index contributed by atoms with van der Waals surface area (Å²) >= 11 is 0. The summed E-state index contributed by atoms with van der Waals surface area (Å²) in [6.45, 7) is 0. The Bertz CT molecular complexity index is 1430. The van der Waals surface area contributed by atoms with Crippen molar-refractivity contribution in [2.45, 2.75) is 0 Å². The van der Waals surface area contributed by atoms with Crippen molar-refractivity contribution in [3.05, 3.63) is 119 Å². The number of hydrogen-bond acceptors (Lipinski definition) is 6. The van der Waals surface area contributed by atoms with E-state index in [0.717, 1.165) is 0 Å². The minimum Gasteiger partial charge on any atom is -0.497 e. The van der Waals surface area contributed by atoms with Gasteiger partial charge in [0.25, 0.3) is 0 Å². The molecule has 0 fully saturated rings. The van der Waals surface area contributed by atoms with Crippen LogP contribution in [0, 0.1) is 0 Å². The Morgan fingerprint density at radius 2 is 0.600 bits per heavy atom. The van der Waals surface area contributed by atoms with Crippen LogP contribution in [0.3, 0.4) is 0 Å². The molecule has 1 aliphatic rings. The molecule has 0 unspecified atom stereocenters. The van der Waals surface area contributed by atoms with Gasteiger partial charge in [-0.15, -0.1) is 0 Å². The van der Waals surface area contributed by atoms with E-state index in [-0.39, 0.29) is 33.9 Å². The maximum Gasteiger partial charge on any atom is 0.195 e. The molecule has 0 saturated carbocycles. The summed E-state index contributed by atoms with van der Waals surface area (Å²) in [4.78, 5) is 29.5. The summed E-state index contributed by atoms with van der Waals surface area (Å²) in [5.74, 6) is 1.69. The molecule has 0 aliphatic heterocycles. The predicted octanol–water partition coefficient (Wildman–Crippen LogP) is 6.39. The molecule has 0 radical (unpaired) electrons. The van der Waals surface area contributed by atoms with Crippen molar-refractivity contribution >= 4 is 33.9 Å². The Kier molecular flexibility index (Phi) is 7.51. The van der Waals surface area contributed by atoms with E-state index in [4.69, 9.17) is 18.9 Å². The number of carbonyl (C=O) groups is 2. The van der Waals surface area contributed by atoms with E-state index in [1.807, 2.05) is 24.3 Å². The van der Waals surface area contributed by atoms with Crippen LogP contribution in [0.4, 0.5) is 0 Å². The van der Waals surface area contributed by atoms with Crippen LogP contribution in [0.25, 0.3) is 22.3 Å². The second-order valence-electron chi connectivity index (χ2n) is 9.09. The van der Waals surface area contributed by atoms with E-state index in [0.29, 0.717) is 45.3 Å². The number of Topliss-reactive ketones (excluding diaryl/α,β-unsaturated/α-hetero) is 2. The summed E-state index contributed by atoms with van der Waals surface area (Å²) in [7, 11) is 6.25. The van der Waals surface area contributed by atoms with Crippen LogP contribution in [0.1, 0.15) is 22.3 Å². The van der Waals surface area contributed by atoms with Gasteiger partial charge in [0, 0.05) is 22.3 Å². The van der Waals surface area contributed by atoms with E-state index >= 15 is 0 Å². The Hall–Kier alpha value is -5.10. The first-order valence-corrected chi connectivity index (χ1v) is 12.6. The number of hydrogen-bond donors (Lipinski definition) is 0. The average molecular weight is 533 g/mol. The molecule has 5 rings (SSSR count). The third kappa shape index (κ3) is 4.87. The summed E-state index contributed by atoms with van der Waals surface area (Å²) in [5.41, 5.74) is 3.40. The predicted molar refractivity (Wildman–Crippen MR) is 156 cm³/mol. The zero-order chi connectivity index (χ0) is 28.2. The highest BCUT2D eigenvalue weighted by atomic mass is 16.5. The number of rotatable bonds is 8. The fraction of sp³-hybridized carbons (Fsp3) is 0.118. The van der Waals surface area contributed by atoms with Gasteiger partial charge in [0.1, 0.15) is 23.0 Å². The van der Waals surface area contributed by atoms with E-state index in [1.165, 1.54) is 0 Å². The van der Waals surface area contributed by atoms with Gasteiger partial charge in [-0.1, -0.05) is 48.5 Å². The number of benzene rings is 4. The third-order valence-corrected chi connectivity index (χ3v) is 6.84. The smallest absolute Gasteiger partial charge is 0.195 e. The molecule has 6 nitrogen and oxygen atoms in total. The Labute approximate surface area is 233 Å². The highest BCUT2D eigenvalue weighted by Crippen LogP contribution is 2.45. The van der Waals surface area contributed by atoms with Gasteiger partial charge < -0.3 is 18.9 Å². The first-order valence-electron chi connectivity index (χ1n) is 12.6. The summed E-state index contributed by atoms with van der Waals surface area (Å²) in [6, 6.07) is 28.7. The molecular weight excluding hydrogens is 504 g/mol. The van der Waals surface area contributed by atoms with Crippen molar-refractivity contribution in [2.75, 3.05) is 28.4 Å². The van der Waals surface area contributed by atoms with E-state index in [2.05, 4.69) is 0 Å². The number of ketones is 2. The lowest BCUT2D eigenvalue weighted by Crippen LogP contribution is -2.22. The molecular formula is C34H28O6. The average Bonchev–Trinajstić information content (AvgIpc) is 3.01. The molecule has 4 aromatic rings. The second kappa shape index (κ2) is 11.3. The van der Waals surface area contributed by atoms with Crippen LogP contribution >= 0.6 is 0 Å². The topological polar surface area (TPSA) is 71.1 Å². The number of allylic oxidation sites excluding steroid dienone is 4. The van der Waals surface area contributed by atoms with Crippen molar-refractivity contribution < 1.29 is 28.5 Å². The summed E-state index contributed by atoms with van der Waals surface area (Å²) in [5, 5.41) is 0. The van der Waals surface area contributed by atoms with Crippen LogP contribution in [0.5, 0.6) is 23.0 Å². The summed E-state index contributed by atoms with van der Waals surface area (Å²) < 4.78 is 21.8. The third-order valence-electron chi connectivity index (χ3n) is 6.84. The van der Waals surface area contributed by atoms with Gasteiger partial charge in [-0.05, 0) is 70.8 Å². The minimum atomic E-state index is -0.295. The Balaban J connectivity index is 1.87. The molecule has 0 atom stereocenters. The van der Waals surface area contributed by atoms with Crippen LogP contribution in [-0.2, 0) is 9.59 Å². The van der Waals surface area contributed by atoms with Crippen molar-refractivity contribution in [1.82, 2.24) is 0 Å². The first-order chi connectivity index (χ1) is 19.5. The van der Waals surface area contributed by atoms with Crippen LogP contribution in [0.2, 0.25) is 0 Å². The Morgan fingerprint density at radius 3 is 0.800 bits per heavy atom. The SMILES string of the molecule is COc1cccc(C2=C(c3cccc(OC)c3)C(=O)C(c3cccc(OC)c3)=C(c3cccc(OC)c3)C2=O)c1. The van der Waals surface area contributed by atoms with E-state index < -0.39 is 0 Å². The quantitative estimate of drug-likeness (QED) is 0.245. The lowest BCUT2D eigenvalue weighted by atomic mass is 9.74. The fourth-order valence-corrected chi connectivity index (χ4v) is 4.92. The number of ether oxygens (including phenoxy) is 4. The molecule has 4 aromatic carbocycles. The van der Waals surface area contributed by atoms with Gasteiger partial charge in [-0.3, -0.25) is 9.59 Å². The molecule has 0 N–H and O–H groups in total. The summed E-state index contributed by atoms with van der Waals surface area (Å²) in [6.07, 6.45) is 0. The van der Waals surface area contributed by atoms with Crippen LogP contribution in [0.15, 0.2) is 97.1 Å². The van der Waals surface area contributed by atoms with Crippen molar-refractivity contribution in [1.29, 1.82) is 0 Å². The minimum absolute atomic E-state index is 0.279. The van der Waals surface area contributed by atoms with Crippen LogP contribution < -0.4 is 18.9 Å². The molecule has 6 heteroatoms. The van der Waals surface area contributed by atoms with E-state index in [1.54, 1.807) is 101 Å². The van der Waals surface area contributed by atoms with Gasteiger partial charge in [-0.2, -0.15) is 0 Å². The maximum atomic E-state index is 14.7. The molecule has 0 spiro atoms.